The number of carbonyl (C=O) groups excluding carboxylic acids is 1. The molecule has 126 valence electrons. The Morgan fingerprint density at radius 2 is 1.83 bits per heavy atom. The number of hydrogen-bond donors (Lipinski definition) is 0. The Morgan fingerprint density at radius 1 is 1.17 bits per heavy atom. The summed E-state index contributed by atoms with van der Waals surface area (Å²) in [7, 11) is 0. The number of benzene rings is 1. The maximum absolute atomic E-state index is 12.3. The molecule has 3 nitrogen and oxygen atoms in total. The molecular formula is C20H29NO2. The van der Waals surface area contributed by atoms with Crippen molar-refractivity contribution in [2.24, 2.45) is 11.3 Å². The zero-order chi connectivity index (χ0) is 16.7. The third-order valence-corrected chi connectivity index (χ3v) is 6.01. The van der Waals surface area contributed by atoms with E-state index in [4.69, 9.17) is 4.84 Å². The lowest BCUT2D eigenvalue weighted by Crippen LogP contribution is -2.44. The van der Waals surface area contributed by atoms with E-state index in [0.29, 0.717) is 5.41 Å². The first kappa shape index (κ1) is 16.5. The standard InChI is InChI=1S/C20H29NO2/c1-15(19(2,3)4)18(22)23-21-13-11-20(12-14-21)10-9-16-7-5-6-8-17(16)20/h5-8,15H,9-14H2,1-4H3. The molecule has 0 aromatic heterocycles. The van der Waals surface area contributed by atoms with E-state index in [-0.39, 0.29) is 17.3 Å². The van der Waals surface area contributed by atoms with Crippen molar-refractivity contribution >= 4 is 5.97 Å². The van der Waals surface area contributed by atoms with Crippen LogP contribution in [-0.4, -0.2) is 24.1 Å². The highest BCUT2D eigenvalue weighted by Gasteiger charge is 2.42. The summed E-state index contributed by atoms with van der Waals surface area (Å²) in [4.78, 5) is 18.0. The lowest BCUT2D eigenvalue weighted by Gasteiger charge is -2.39. The zero-order valence-corrected chi connectivity index (χ0v) is 14.9. The number of piperidine rings is 1. The highest BCUT2D eigenvalue weighted by Crippen LogP contribution is 2.46. The van der Waals surface area contributed by atoms with Crippen LogP contribution in [0.5, 0.6) is 0 Å². The molecule has 1 unspecified atom stereocenters. The van der Waals surface area contributed by atoms with Gasteiger partial charge in [-0.2, -0.15) is 0 Å². The number of hydrogen-bond acceptors (Lipinski definition) is 3. The predicted octanol–water partition coefficient (Wildman–Crippen LogP) is 4.11. The molecule has 1 fully saturated rings. The molecule has 0 saturated carbocycles. The van der Waals surface area contributed by atoms with E-state index in [0.717, 1.165) is 25.9 Å². The van der Waals surface area contributed by atoms with Gasteiger partial charge in [0.1, 0.15) is 0 Å². The summed E-state index contributed by atoms with van der Waals surface area (Å²) in [6.45, 7) is 9.90. The maximum atomic E-state index is 12.3. The number of nitrogens with zero attached hydrogens (tertiary/aromatic N) is 1. The second kappa shape index (κ2) is 5.94. The van der Waals surface area contributed by atoms with Gasteiger partial charge in [0.15, 0.2) is 0 Å². The van der Waals surface area contributed by atoms with Gasteiger partial charge in [0.25, 0.3) is 0 Å². The Labute approximate surface area is 140 Å². The van der Waals surface area contributed by atoms with Crippen LogP contribution < -0.4 is 0 Å². The molecule has 3 rings (SSSR count). The van der Waals surface area contributed by atoms with Gasteiger partial charge in [0.05, 0.1) is 5.92 Å². The Balaban J connectivity index is 1.61. The third-order valence-electron chi connectivity index (χ3n) is 6.01. The Hall–Kier alpha value is -1.35. The quantitative estimate of drug-likeness (QED) is 0.822. The largest absolute Gasteiger partial charge is 0.368 e. The van der Waals surface area contributed by atoms with Crippen molar-refractivity contribution in [2.45, 2.75) is 58.8 Å². The topological polar surface area (TPSA) is 29.5 Å². The summed E-state index contributed by atoms with van der Waals surface area (Å²) >= 11 is 0. The first-order valence-corrected chi connectivity index (χ1v) is 8.87. The number of fused-ring (bicyclic) bond motifs is 2. The van der Waals surface area contributed by atoms with Gasteiger partial charge in [-0.3, -0.25) is 4.79 Å². The van der Waals surface area contributed by atoms with Crippen molar-refractivity contribution in [1.82, 2.24) is 5.06 Å². The van der Waals surface area contributed by atoms with Crippen LogP contribution in [0.2, 0.25) is 0 Å². The van der Waals surface area contributed by atoms with Crippen LogP contribution in [0.25, 0.3) is 0 Å². The van der Waals surface area contributed by atoms with Crippen LogP contribution in [0, 0.1) is 11.3 Å². The van der Waals surface area contributed by atoms with Gasteiger partial charge in [-0.1, -0.05) is 52.0 Å². The third kappa shape index (κ3) is 3.16. The predicted molar refractivity (Wildman–Crippen MR) is 92.0 cm³/mol. The van der Waals surface area contributed by atoms with Gasteiger partial charge >= 0.3 is 5.97 Å². The number of hydroxylamine groups is 2. The average molecular weight is 315 g/mol. The van der Waals surface area contributed by atoms with Crippen LogP contribution in [0.3, 0.4) is 0 Å². The van der Waals surface area contributed by atoms with Crippen molar-refractivity contribution in [1.29, 1.82) is 0 Å². The second-order valence-corrected chi connectivity index (χ2v) is 8.36. The van der Waals surface area contributed by atoms with Crippen LogP contribution in [0.4, 0.5) is 0 Å². The summed E-state index contributed by atoms with van der Waals surface area (Å²) in [6.07, 6.45) is 4.60. The minimum Gasteiger partial charge on any atom is -0.368 e. The minimum atomic E-state index is -0.0970. The molecule has 0 radical (unpaired) electrons. The normalized spacial score (nSPS) is 21.9. The van der Waals surface area contributed by atoms with Crippen molar-refractivity contribution < 1.29 is 9.63 Å². The van der Waals surface area contributed by atoms with Gasteiger partial charge in [0, 0.05) is 13.1 Å². The van der Waals surface area contributed by atoms with E-state index in [9.17, 15) is 4.79 Å². The lowest BCUT2D eigenvalue weighted by molar-refractivity contribution is -0.205. The Morgan fingerprint density at radius 3 is 2.48 bits per heavy atom. The van der Waals surface area contributed by atoms with Crippen molar-refractivity contribution in [3.8, 4) is 0 Å². The summed E-state index contributed by atoms with van der Waals surface area (Å²) in [5.41, 5.74) is 3.31. The molecule has 0 amide bonds. The summed E-state index contributed by atoms with van der Waals surface area (Å²) in [5, 5.41) is 1.89. The smallest absolute Gasteiger partial charge is 0.328 e. The Bertz CT molecular complexity index is 580. The highest BCUT2D eigenvalue weighted by molar-refractivity contribution is 5.72. The van der Waals surface area contributed by atoms with Gasteiger partial charge in [-0.25, -0.2) is 0 Å². The molecule has 1 spiro atoms. The summed E-state index contributed by atoms with van der Waals surface area (Å²) in [6, 6.07) is 8.86. The van der Waals surface area contributed by atoms with E-state index in [2.05, 4.69) is 45.0 Å². The molecule has 0 bridgehead atoms. The number of carbonyl (C=O) groups is 1. The molecule has 1 aliphatic heterocycles. The van der Waals surface area contributed by atoms with Gasteiger partial charge in [-0.05, 0) is 47.6 Å². The number of rotatable bonds is 2. The molecule has 1 saturated heterocycles. The second-order valence-electron chi connectivity index (χ2n) is 8.36. The van der Waals surface area contributed by atoms with Crippen molar-refractivity contribution in [3.05, 3.63) is 35.4 Å². The van der Waals surface area contributed by atoms with E-state index in [1.807, 2.05) is 12.0 Å². The SMILES string of the molecule is CC(C(=O)ON1CCC2(CCc3ccccc32)CC1)C(C)(C)C. The number of aryl methyl sites for hydroxylation is 1. The van der Waals surface area contributed by atoms with Crippen LogP contribution in [0.15, 0.2) is 24.3 Å². The highest BCUT2D eigenvalue weighted by atomic mass is 16.7. The van der Waals surface area contributed by atoms with Crippen molar-refractivity contribution in [2.75, 3.05) is 13.1 Å². The molecular weight excluding hydrogens is 286 g/mol. The van der Waals surface area contributed by atoms with Crippen LogP contribution in [0.1, 0.15) is 58.1 Å². The first-order chi connectivity index (χ1) is 10.8. The maximum Gasteiger partial charge on any atom is 0.328 e. The van der Waals surface area contributed by atoms with E-state index < -0.39 is 0 Å². The molecule has 3 heteroatoms. The molecule has 1 aromatic rings. The Kier molecular flexibility index (Phi) is 4.26. The van der Waals surface area contributed by atoms with Gasteiger partial charge in [0.2, 0.25) is 0 Å². The van der Waals surface area contributed by atoms with Crippen LogP contribution in [-0.2, 0) is 21.5 Å². The summed E-state index contributed by atoms with van der Waals surface area (Å²) < 4.78 is 0. The van der Waals surface area contributed by atoms with Crippen LogP contribution >= 0.6 is 0 Å². The van der Waals surface area contributed by atoms with Gasteiger partial charge < -0.3 is 4.84 Å². The molecule has 1 aromatic carbocycles. The van der Waals surface area contributed by atoms with E-state index in [1.165, 1.54) is 24.0 Å². The zero-order valence-electron chi connectivity index (χ0n) is 14.9. The molecule has 23 heavy (non-hydrogen) atoms. The molecule has 0 N–H and O–H groups in total. The molecule has 1 aliphatic carbocycles. The van der Waals surface area contributed by atoms with Gasteiger partial charge in [-0.15, -0.1) is 5.06 Å². The van der Waals surface area contributed by atoms with Crippen molar-refractivity contribution in [3.63, 3.8) is 0 Å². The lowest BCUT2D eigenvalue weighted by atomic mass is 9.74. The monoisotopic (exact) mass is 315 g/mol. The van der Waals surface area contributed by atoms with E-state index in [1.54, 1.807) is 0 Å². The fourth-order valence-electron chi connectivity index (χ4n) is 3.85. The average Bonchev–Trinajstić information content (AvgIpc) is 2.87. The van der Waals surface area contributed by atoms with E-state index >= 15 is 0 Å². The summed E-state index contributed by atoms with van der Waals surface area (Å²) in [5.74, 6) is -0.189. The fraction of sp³-hybridized carbons (Fsp3) is 0.650. The first-order valence-electron chi connectivity index (χ1n) is 8.87. The molecule has 1 atom stereocenters. The molecule has 1 heterocycles. The fourth-order valence-corrected chi connectivity index (χ4v) is 3.85. The minimum absolute atomic E-state index is 0.0571. The molecule has 2 aliphatic rings.